The quantitative estimate of drug-likeness (QED) is 0.616. The van der Waals surface area contributed by atoms with E-state index in [0.717, 1.165) is 29.8 Å². The van der Waals surface area contributed by atoms with Crippen LogP contribution in [-0.2, 0) is 0 Å². The number of fused-ring (bicyclic) bond motifs is 1. The number of hydrogen-bond donors (Lipinski definition) is 0. The van der Waals surface area contributed by atoms with E-state index in [1.165, 1.54) is 45.2 Å². The Bertz CT molecular complexity index is 1080. The van der Waals surface area contributed by atoms with E-state index >= 15 is 0 Å². The average Bonchev–Trinajstić information content (AvgIpc) is 3.24. The first-order valence-electron chi connectivity index (χ1n) is 10.9. The van der Waals surface area contributed by atoms with Gasteiger partial charge in [0, 0.05) is 54.4 Å². The van der Waals surface area contributed by atoms with Crippen molar-refractivity contribution in [3.05, 3.63) is 36.3 Å². The van der Waals surface area contributed by atoms with Gasteiger partial charge in [0.2, 0.25) is 5.65 Å². The average molecular weight is 402 g/mol. The summed E-state index contributed by atoms with van der Waals surface area (Å²) in [5.74, 6) is 5.96. The molecule has 2 aliphatic heterocycles. The Morgan fingerprint density at radius 2 is 1.77 bits per heavy atom. The molecule has 6 heteroatoms. The van der Waals surface area contributed by atoms with E-state index < -0.39 is 0 Å². The number of likely N-dealkylation sites (tertiary alicyclic amines) is 1. The molecular formula is C24H27N5O. The van der Waals surface area contributed by atoms with Gasteiger partial charge in [-0.05, 0) is 57.8 Å². The second-order valence-corrected chi connectivity index (χ2v) is 8.19. The van der Waals surface area contributed by atoms with Crippen LogP contribution in [-0.4, -0.2) is 52.1 Å². The fourth-order valence-electron chi connectivity index (χ4n) is 4.62. The van der Waals surface area contributed by atoms with Crippen molar-refractivity contribution in [3.8, 4) is 23.0 Å². The van der Waals surface area contributed by atoms with Crippen LogP contribution in [0.25, 0.3) is 22.4 Å². The highest BCUT2D eigenvalue weighted by Gasteiger charge is 2.27. The SMILES string of the molecule is CC#Cc1cncc(-c2cnc3nc(N4CCC(N5CCCCC5)CC4)oc3c2)c1. The zero-order chi connectivity index (χ0) is 20.3. The molecule has 0 spiro atoms. The second-order valence-electron chi connectivity index (χ2n) is 8.19. The van der Waals surface area contributed by atoms with Gasteiger partial charge in [-0.15, -0.1) is 5.92 Å². The van der Waals surface area contributed by atoms with Crippen molar-refractivity contribution in [2.75, 3.05) is 31.1 Å². The Labute approximate surface area is 177 Å². The first kappa shape index (κ1) is 19.1. The zero-order valence-corrected chi connectivity index (χ0v) is 17.5. The van der Waals surface area contributed by atoms with Crippen molar-refractivity contribution in [1.82, 2.24) is 19.9 Å². The fourth-order valence-corrected chi connectivity index (χ4v) is 4.62. The van der Waals surface area contributed by atoms with E-state index in [2.05, 4.69) is 36.6 Å². The molecule has 3 aromatic rings. The van der Waals surface area contributed by atoms with Gasteiger partial charge in [-0.1, -0.05) is 12.3 Å². The summed E-state index contributed by atoms with van der Waals surface area (Å²) in [4.78, 5) is 18.4. The predicted octanol–water partition coefficient (Wildman–Crippen LogP) is 4.11. The van der Waals surface area contributed by atoms with Crippen LogP contribution < -0.4 is 4.90 Å². The molecule has 2 fully saturated rings. The Morgan fingerprint density at radius 3 is 2.57 bits per heavy atom. The van der Waals surface area contributed by atoms with Crippen molar-refractivity contribution in [2.45, 2.75) is 45.1 Å². The molecule has 2 aliphatic rings. The molecule has 6 nitrogen and oxygen atoms in total. The Balaban J connectivity index is 1.32. The van der Waals surface area contributed by atoms with Crippen LogP contribution in [0.1, 0.15) is 44.6 Å². The molecule has 154 valence electrons. The number of aromatic nitrogens is 3. The topological polar surface area (TPSA) is 58.3 Å². The van der Waals surface area contributed by atoms with E-state index in [1.807, 2.05) is 31.5 Å². The molecule has 0 amide bonds. The zero-order valence-electron chi connectivity index (χ0n) is 17.5. The number of nitrogens with zero attached hydrogens (tertiary/aromatic N) is 5. The molecular weight excluding hydrogens is 374 g/mol. The number of oxazole rings is 1. The van der Waals surface area contributed by atoms with Gasteiger partial charge in [0.1, 0.15) is 0 Å². The van der Waals surface area contributed by atoms with Gasteiger partial charge in [-0.3, -0.25) is 4.98 Å². The van der Waals surface area contributed by atoms with Crippen LogP contribution in [0.15, 0.2) is 35.1 Å². The minimum Gasteiger partial charge on any atom is -0.422 e. The first-order valence-corrected chi connectivity index (χ1v) is 10.9. The summed E-state index contributed by atoms with van der Waals surface area (Å²) in [5.41, 5.74) is 4.20. The molecule has 5 heterocycles. The van der Waals surface area contributed by atoms with Crippen LogP contribution in [0.5, 0.6) is 0 Å². The molecule has 0 unspecified atom stereocenters. The van der Waals surface area contributed by atoms with E-state index in [1.54, 1.807) is 6.20 Å². The standard InChI is InChI=1S/C24H27N5O/c1-2-6-18-13-19(16-25-15-18)20-14-22-23(26-17-20)27-24(30-22)29-11-7-21(8-12-29)28-9-4-3-5-10-28/h13-17,21H,3-5,7-12H2,1H3. The van der Waals surface area contributed by atoms with Crippen LogP contribution in [0.3, 0.4) is 0 Å². The summed E-state index contributed by atoms with van der Waals surface area (Å²) in [6.45, 7) is 6.33. The van der Waals surface area contributed by atoms with Crippen LogP contribution in [0, 0.1) is 11.8 Å². The predicted molar refractivity (Wildman–Crippen MR) is 118 cm³/mol. The third kappa shape index (κ3) is 3.90. The van der Waals surface area contributed by atoms with E-state index in [9.17, 15) is 0 Å². The van der Waals surface area contributed by atoms with E-state index in [0.29, 0.717) is 23.3 Å². The first-order chi connectivity index (χ1) is 14.8. The molecule has 5 rings (SSSR count). The molecule has 0 saturated carbocycles. The van der Waals surface area contributed by atoms with Crippen molar-refractivity contribution >= 4 is 17.2 Å². The maximum Gasteiger partial charge on any atom is 0.299 e. The summed E-state index contributed by atoms with van der Waals surface area (Å²) >= 11 is 0. The lowest BCUT2D eigenvalue weighted by atomic mass is 10.0. The number of anilines is 1. The number of rotatable bonds is 3. The molecule has 0 atom stereocenters. The molecule has 0 aliphatic carbocycles. The summed E-state index contributed by atoms with van der Waals surface area (Å²) in [6, 6.07) is 5.42. The van der Waals surface area contributed by atoms with Gasteiger partial charge in [0.25, 0.3) is 6.01 Å². The van der Waals surface area contributed by atoms with Gasteiger partial charge in [0.15, 0.2) is 5.58 Å². The van der Waals surface area contributed by atoms with Gasteiger partial charge in [-0.25, -0.2) is 4.98 Å². The molecule has 0 aromatic carbocycles. The largest absolute Gasteiger partial charge is 0.422 e. The Hall–Kier alpha value is -2.91. The van der Waals surface area contributed by atoms with Crippen LogP contribution in [0.2, 0.25) is 0 Å². The Kier molecular flexibility index (Phi) is 5.37. The summed E-state index contributed by atoms with van der Waals surface area (Å²) in [6.07, 6.45) is 11.9. The molecule has 0 N–H and O–H groups in total. The van der Waals surface area contributed by atoms with Crippen LogP contribution in [0.4, 0.5) is 6.01 Å². The monoisotopic (exact) mass is 401 g/mol. The van der Waals surface area contributed by atoms with E-state index in [4.69, 9.17) is 4.42 Å². The number of hydrogen-bond acceptors (Lipinski definition) is 6. The third-order valence-electron chi connectivity index (χ3n) is 6.22. The number of pyridine rings is 2. The Morgan fingerprint density at radius 1 is 0.967 bits per heavy atom. The molecule has 0 bridgehead atoms. The van der Waals surface area contributed by atoms with Crippen molar-refractivity contribution in [2.24, 2.45) is 0 Å². The number of piperidine rings is 2. The maximum absolute atomic E-state index is 6.12. The summed E-state index contributed by atoms with van der Waals surface area (Å²) in [5, 5.41) is 0. The maximum atomic E-state index is 6.12. The van der Waals surface area contributed by atoms with Gasteiger partial charge in [-0.2, -0.15) is 4.98 Å². The molecule has 0 radical (unpaired) electrons. The third-order valence-corrected chi connectivity index (χ3v) is 6.22. The highest BCUT2D eigenvalue weighted by molar-refractivity contribution is 5.77. The molecule has 30 heavy (non-hydrogen) atoms. The van der Waals surface area contributed by atoms with Gasteiger partial charge >= 0.3 is 0 Å². The highest BCUT2D eigenvalue weighted by Crippen LogP contribution is 2.29. The lowest BCUT2D eigenvalue weighted by molar-refractivity contribution is 0.140. The minimum absolute atomic E-state index is 0.657. The second kappa shape index (κ2) is 8.45. The minimum atomic E-state index is 0.657. The van der Waals surface area contributed by atoms with Crippen molar-refractivity contribution < 1.29 is 4.42 Å². The smallest absolute Gasteiger partial charge is 0.299 e. The van der Waals surface area contributed by atoms with Crippen LogP contribution >= 0.6 is 0 Å². The fraction of sp³-hybridized carbons (Fsp3) is 0.458. The highest BCUT2D eigenvalue weighted by atomic mass is 16.4. The summed E-state index contributed by atoms with van der Waals surface area (Å²) < 4.78 is 6.12. The molecule has 2 saturated heterocycles. The van der Waals surface area contributed by atoms with E-state index in [-0.39, 0.29) is 0 Å². The molecule has 3 aromatic heterocycles. The van der Waals surface area contributed by atoms with Crippen molar-refractivity contribution in [3.63, 3.8) is 0 Å². The van der Waals surface area contributed by atoms with Gasteiger partial charge < -0.3 is 14.2 Å². The van der Waals surface area contributed by atoms with Gasteiger partial charge in [0.05, 0.1) is 0 Å². The van der Waals surface area contributed by atoms with Crippen molar-refractivity contribution in [1.29, 1.82) is 0 Å². The lowest BCUT2D eigenvalue weighted by Crippen LogP contribution is -2.46. The lowest BCUT2D eigenvalue weighted by Gasteiger charge is -2.39. The summed E-state index contributed by atoms with van der Waals surface area (Å²) in [7, 11) is 0. The normalized spacial score (nSPS) is 18.4.